The van der Waals surface area contributed by atoms with Gasteiger partial charge in [-0.1, -0.05) is 34.8 Å². The van der Waals surface area contributed by atoms with Crippen molar-refractivity contribution in [1.29, 1.82) is 0 Å². The molecule has 0 fully saturated rings. The Balaban J connectivity index is 2.39. The first-order valence-corrected chi connectivity index (χ1v) is 8.33. The summed E-state index contributed by atoms with van der Waals surface area (Å²) in [5.41, 5.74) is 0.990. The molecule has 2 aromatic rings. The number of sulfonamides is 1. The van der Waals surface area contributed by atoms with Crippen LogP contribution in [0.3, 0.4) is 0 Å². The van der Waals surface area contributed by atoms with E-state index in [1.807, 2.05) is 0 Å². The van der Waals surface area contributed by atoms with Crippen molar-refractivity contribution in [3.05, 3.63) is 37.7 Å². The number of nitrogens with one attached hydrogen (secondary N) is 1. The molecule has 0 atom stereocenters. The van der Waals surface area contributed by atoms with Crippen molar-refractivity contribution in [1.82, 2.24) is 4.98 Å². The molecule has 9 heteroatoms. The third kappa shape index (κ3) is 3.32. The van der Waals surface area contributed by atoms with Crippen molar-refractivity contribution in [3.8, 4) is 0 Å². The second-order valence-electron chi connectivity index (χ2n) is 3.62. The highest BCUT2D eigenvalue weighted by molar-refractivity contribution is 7.93. The van der Waals surface area contributed by atoms with Crippen LogP contribution in [0.15, 0.2) is 23.2 Å². The van der Waals surface area contributed by atoms with Gasteiger partial charge in [-0.25, -0.2) is 13.4 Å². The standard InChI is InChI=1S/C10H7Cl3N2O2S2/c1-5-2-8(11)14-4-6(5)15-19(16,17)7-3-9(12)18-10(7)13/h2-4,15H,1H3. The number of anilines is 1. The predicted octanol–water partition coefficient (Wildman–Crippen LogP) is 4.21. The monoisotopic (exact) mass is 356 g/mol. The minimum Gasteiger partial charge on any atom is -0.278 e. The van der Waals surface area contributed by atoms with Gasteiger partial charge >= 0.3 is 0 Å². The summed E-state index contributed by atoms with van der Waals surface area (Å²) in [6.07, 6.45) is 1.34. The number of halogens is 3. The largest absolute Gasteiger partial charge is 0.278 e. The van der Waals surface area contributed by atoms with E-state index in [0.717, 1.165) is 11.3 Å². The highest BCUT2D eigenvalue weighted by Gasteiger charge is 2.21. The molecule has 102 valence electrons. The molecule has 19 heavy (non-hydrogen) atoms. The quantitative estimate of drug-likeness (QED) is 0.837. The first-order chi connectivity index (χ1) is 8.79. The lowest BCUT2D eigenvalue weighted by Gasteiger charge is -2.09. The number of thiophene rings is 1. The van der Waals surface area contributed by atoms with Crippen LogP contribution in [-0.4, -0.2) is 13.4 Å². The zero-order valence-corrected chi connectivity index (χ0v) is 13.3. The Bertz CT molecular complexity index is 728. The molecule has 0 aliphatic heterocycles. The molecule has 0 aliphatic rings. The second-order valence-corrected chi connectivity index (χ2v) is 7.94. The average Bonchev–Trinajstić information content (AvgIpc) is 2.63. The molecule has 0 aliphatic carbocycles. The van der Waals surface area contributed by atoms with Crippen molar-refractivity contribution >= 4 is 61.9 Å². The Kier molecular flexibility index (Phi) is 4.27. The minimum absolute atomic E-state index is 0.0569. The van der Waals surface area contributed by atoms with Crippen molar-refractivity contribution in [3.63, 3.8) is 0 Å². The van der Waals surface area contributed by atoms with Gasteiger partial charge in [0.15, 0.2) is 0 Å². The smallest absolute Gasteiger partial charge is 0.264 e. The first-order valence-electron chi connectivity index (χ1n) is 4.89. The van der Waals surface area contributed by atoms with Crippen LogP contribution in [0.25, 0.3) is 0 Å². The highest BCUT2D eigenvalue weighted by Crippen LogP contribution is 2.35. The fraction of sp³-hybridized carbons (Fsp3) is 0.100. The minimum atomic E-state index is -3.80. The zero-order valence-electron chi connectivity index (χ0n) is 9.45. The lowest BCUT2D eigenvalue weighted by molar-refractivity contribution is 0.601. The van der Waals surface area contributed by atoms with Crippen LogP contribution in [-0.2, 0) is 10.0 Å². The van der Waals surface area contributed by atoms with Crippen LogP contribution in [0.1, 0.15) is 5.56 Å². The summed E-state index contributed by atoms with van der Waals surface area (Å²) in [5, 5.41) is 0.289. The summed E-state index contributed by atoms with van der Waals surface area (Å²) in [5.74, 6) is 0. The molecule has 0 saturated carbocycles. The van der Waals surface area contributed by atoms with Gasteiger partial charge in [0.25, 0.3) is 10.0 Å². The Hall–Kier alpha value is -0.530. The molecular formula is C10H7Cl3N2O2S2. The van der Waals surface area contributed by atoms with Crippen LogP contribution >= 0.6 is 46.1 Å². The van der Waals surface area contributed by atoms with E-state index in [9.17, 15) is 8.42 Å². The molecule has 0 radical (unpaired) electrons. The molecule has 0 spiro atoms. The Morgan fingerprint density at radius 3 is 2.47 bits per heavy atom. The molecule has 2 rings (SSSR count). The van der Waals surface area contributed by atoms with Gasteiger partial charge < -0.3 is 0 Å². The number of aromatic nitrogens is 1. The lowest BCUT2D eigenvalue weighted by atomic mass is 10.3. The number of hydrogen-bond acceptors (Lipinski definition) is 4. The van der Waals surface area contributed by atoms with Crippen molar-refractivity contribution in [2.45, 2.75) is 11.8 Å². The molecule has 2 heterocycles. The summed E-state index contributed by atoms with van der Waals surface area (Å²) in [4.78, 5) is 3.77. The fourth-order valence-electron chi connectivity index (χ4n) is 1.34. The number of rotatable bonds is 3. The average molecular weight is 358 g/mol. The van der Waals surface area contributed by atoms with Crippen LogP contribution < -0.4 is 4.72 Å². The number of hydrogen-bond donors (Lipinski definition) is 1. The van der Waals surface area contributed by atoms with E-state index >= 15 is 0 Å². The zero-order chi connectivity index (χ0) is 14.2. The first kappa shape index (κ1) is 14.9. The van der Waals surface area contributed by atoms with Gasteiger partial charge in [0.1, 0.15) is 14.4 Å². The van der Waals surface area contributed by atoms with Gasteiger partial charge in [0, 0.05) is 0 Å². The van der Waals surface area contributed by atoms with Gasteiger partial charge in [0.2, 0.25) is 0 Å². The maximum Gasteiger partial charge on any atom is 0.264 e. The van der Waals surface area contributed by atoms with E-state index in [2.05, 4.69) is 9.71 Å². The van der Waals surface area contributed by atoms with Crippen LogP contribution in [0.4, 0.5) is 5.69 Å². The SMILES string of the molecule is Cc1cc(Cl)ncc1NS(=O)(=O)c1cc(Cl)sc1Cl. The Morgan fingerprint density at radius 2 is 1.95 bits per heavy atom. The maximum atomic E-state index is 12.2. The van der Waals surface area contributed by atoms with Crippen molar-refractivity contribution in [2.24, 2.45) is 0 Å². The summed E-state index contributed by atoms with van der Waals surface area (Å²) in [6.45, 7) is 1.72. The Labute approximate surface area is 129 Å². The molecule has 0 amide bonds. The van der Waals surface area contributed by atoms with Gasteiger partial charge in [-0.2, -0.15) is 0 Å². The number of pyridine rings is 1. The molecule has 1 N–H and O–H groups in total. The van der Waals surface area contributed by atoms with Crippen molar-refractivity contribution in [2.75, 3.05) is 4.72 Å². The molecule has 0 aromatic carbocycles. The third-order valence-corrected chi connectivity index (χ3v) is 5.56. The van der Waals surface area contributed by atoms with E-state index in [4.69, 9.17) is 34.8 Å². The van der Waals surface area contributed by atoms with E-state index in [1.165, 1.54) is 12.3 Å². The fourth-order valence-corrected chi connectivity index (χ4v) is 4.82. The lowest BCUT2D eigenvalue weighted by Crippen LogP contribution is -2.13. The number of nitrogens with zero attached hydrogens (tertiary/aromatic N) is 1. The van der Waals surface area contributed by atoms with Crippen LogP contribution in [0.5, 0.6) is 0 Å². The van der Waals surface area contributed by atoms with Crippen LogP contribution in [0, 0.1) is 6.92 Å². The second kappa shape index (κ2) is 5.46. The highest BCUT2D eigenvalue weighted by atomic mass is 35.5. The van der Waals surface area contributed by atoms with Gasteiger partial charge in [-0.15, -0.1) is 11.3 Å². The third-order valence-electron chi connectivity index (χ3n) is 2.24. The topological polar surface area (TPSA) is 59.1 Å². The summed E-state index contributed by atoms with van der Waals surface area (Å²) < 4.78 is 27.1. The maximum absolute atomic E-state index is 12.2. The van der Waals surface area contributed by atoms with E-state index in [0.29, 0.717) is 15.6 Å². The number of aryl methyl sites for hydroxylation is 1. The molecule has 0 unspecified atom stereocenters. The normalized spacial score (nSPS) is 11.6. The van der Waals surface area contributed by atoms with Crippen molar-refractivity contribution < 1.29 is 8.42 Å². The van der Waals surface area contributed by atoms with Gasteiger partial charge in [0.05, 0.1) is 16.2 Å². The molecule has 4 nitrogen and oxygen atoms in total. The molecular weight excluding hydrogens is 351 g/mol. The van der Waals surface area contributed by atoms with E-state index in [1.54, 1.807) is 13.0 Å². The predicted molar refractivity (Wildman–Crippen MR) is 79.1 cm³/mol. The molecule has 0 bridgehead atoms. The summed E-state index contributed by atoms with van der Waals surface area (Å²) in [6, 6.07) is 2.86. The van der Waals surface area contributed by atoms with Gasteiger partial charge in [-0.05, 0) is 24.6 Å². The van der Waals surface area contributed by atoms with E-state index in [-0.39, 0.29) is 14.4 Å². The van der Waals surface area contributed by atoms with E-state index < -0.39 is 10.0 Å². The summed E-state index contributed by atoms with van der Waals surface area (Å²) in [7, 11) is -3.80. The Morgan fingerprint density at radius 1 is 1.26 bits per heavy atom. The molecule has 2 aromatic heterocycles. The summed E-state index contributed by atoms with van der Waals surface area (Å²) >= 11 is 18.3. The van der Waals surface area contributed by atoms with Gasteiger partial charge in [-0.3, -0.25) is 4.72 Å². The molecule has 0 saturated heterocycles. The van der Waals surface area contributed by atoms with Crippen LogP contribution in [0.2, 0.25) is 13.8 Å².